The van der Waals surface area contributed by atoms with Gasteiger partial charge in [0, 0.05) is 0 Å². The molecule has 0 aromatic heterocycles. The van der Waals surface area contributed by atoms with E-state index in [4.69, 9.17) is 4.74 Å². The Morgan fingerprint density at radius 1 is 1.36 bits per heavy atom. The molecule has 5 heteroatoms. The van der Waals surface area contributed by atoms with Crippen LogP contribution in [0.5, 0.6) is 0 Å². The second kappa shape index (κ2) is 6.70. The number of methoxy groups -OCH3 is 1. The highest BCUT2D eigenvalue weighted by atomic mass is 32.2. The Hall–Kier alpha value is -0.710. The van der Waals surface area contributed by atoms with E-state index in [2.05, 4.69) is 4.74 Å². The minimum Gasteiger partial charge on any atom is -0.469 e. The van der Waals surface area contributed by atoms with E-state index in [9.17, 15) is 9.59 Å². The Morgan fingerprint density at radius 3 is 2.29 bits per heavy atom. The molecule has 0 aliphatic carbocycles. The molecule has 0 bridgehead atoms. The van der Waals surface area contributed by atoms with Gasteiger partial charge in [-0.2, -0.15) is 0 Å². The summed E-state index contributed by atoms with van der Waals surface area (Å²) in [5.41, 5.74) is 0. The first kappa shape index (κ1) is 13.3. The molecule has 0 rings (SSSR count). The first-order valence-corrected chi connectivity index (χ1v) is 5.64. The molecule has 2 atom stereocenters. The van der Waals surface area contributed by atoms with Gasteiger partial charge in [-0.25, -0.2) is 0 Å². The van der Waals surface area contributed by atoms with Crippen molar-refractivity contribution in [2.75, 3.05) is 20.0 Å². The highest BCUT2D eigenvalue weighted by Gasteiger charge is 2.31. The van der Waals surface area contributed by atoms with Crippen LogP contribution in [0.15, 0.2) is 0 Å². The van der Waals surface area contributed by atoms with E-state index in [1.165, 1.54) is 18.9 Å². The molecule has 82 valence electrons. The molecule has 0 N–H and O–H groups in total. The molecule has 0 aliphatic heterocycles. The number of ether oxygens (including phenoxy) is 2. The summed E-state index contributed by atoms with van der Waals surface area (Å²) in [5, 5.41) is -0.484. The van der Waals surface area contributed by atoms with Gasteiger partial charge in [0.15, 0.2) is 0 Å². The van der Waals surface area contributed by atoms with E-state index in [0.717, 1.165) is 0 Å². The topological polar surface area (TPSA) is 52.6 Å². The first-order chi connectivity index (χ1) is 6.58. The number of esters is 2. The zero-order valence-corrected chi connectivity index (χ0v) is 9.72. The Balaban J connectivity index is 4.39. The van der Waals surface area contributed by atoms with Gasteiger partial charge >= 0.3 is 11.9 Å². The molecule has 0 heterocycles. The molecule has 0 amide bonds. The summed E-state index contributed by atoms with van der Waals surface area (Å²) in [6.07, 6.45) is 1.76. The van der Waals surface area contributed by atoms with Gasteiger partial charge in [0.2, 0.25) is 0 Å². The van der Waals surface area contributed by atoms with Crippen LogP contribution in [0.1, 0.15) is 13.8 Å². The summed E-state index contributed by atoms with van der Waals surface area (Å²) < 4.78 is 9.41. The van der Waals surface area contributed by atoms with Gasteiger partial charge in [0.1, 0.15) is 5.25 Å². The Morgan fingerprint density at radius 2 is 1.93 bits per heavy atom. The van der Waals surface area contributed by atoms with Gasteiger partial charge in [0.05, 0.1) is 19.6 Å². The molecule has 0 aromatic carbocycles. The van der Waals surface area contributed by atoms with Crippen molar-refractivity contribution < 1.29 is 19.1 Å². The second-order valence-corrected chi connectivity index (χ2v) is 3.70. The van der Waals surface area contributed by atoms with Crippen molar-refractivity contribution in [3.05, 3.63) is 0 Å². The molecule has 0 saturated carbocycles. The third-order valence-electron chi connectivity index (χ3n) is 1.80. The van der Waals surface area contributed by atoms with E-state index >= 15 is 0 Å². The molecular weight excluding hydrogens is 204 g/mol. The SMILES string of the molecule is CCOC(=O)[C@@H](SC)[C@@H](C)C(=O)OC. The number of rotatable bonds is 5. The minimum absolute atomic E-state index is 0.323. The molecule has 14 heavy (non-hydrogen) atoms. The maximum Gasteiger partial charge on any atom is 0.319 e. The number of carbonyl (C=O) groups excluding carboxylic acids is 2. The third-order valence-corrected chi connectivity index (χ3v) is 2.91. The number of hydrogen-bond acceptors (Lipinski definition) is 5. The summed E-state index contributed by atoms with van der Waals surface area (Å²) in [6.45, 7) is 3.71. The predicted molar refractivity (Wildman–Crippen MR) is 55.1 cm³/mol. The Labute approximate surface area is 88.3 Å². The van der Waals surface area contributed by atoms with Crippen molar-refractivity contribution in [3.63, 3.8) is 0 Å². The zero-order chi connectivity index (χ0) is 11.1. The summed E-state index contributed by atoms with van der Waals surface area (Å²) in [7, 11) is 1.31. The fourth-order valence-electron chi connectivity index (χ4n) is 1.04. The van der Waals surface area contributed by atoms with E-state index in [0.29, 0.717) is 6.61 Å². The Bertz CT molecular complexity index is 205. The van der Waals surface area contributed by atoms with Gasteiger partial charge in [-0.15, -0.1) is 11.8 Å². The molecule has 0 radical (unpaired) electrons. The van der Waals surface area contributed by atoms with Gasteiger partial charge in [-0.3, -0.25) is 9.59 Å². The lowest BCUT2D eigenvalue weighted by molar-refractivity contribution is -0.151. The van der Waals surface area contributed by atoms with Crippen LogP contribution in [-0.4, -0.2) is 37.2 Å². The molecule has 0 aliphatic rings. The maximum absolute atomic E-state index is 11.4. The summed E-state index contributed by atoms with van der Waals surface area (Å²) in [4.78, 5) is 22.6. The quantitative estimate of drug-likeness (QED) is 0.649. The predicted octanol–water partition coefficient (Wildman–Crippen LogP) is 1.09. The molecule has 0 unspecified atom stereocenters. The molecule has 4 nitrogen and oxygen atoms in total. The molecular formula is C9H16O4S. The number of carbonyl (C=O) groups is 2. The lowest BCUT2D eigenvalue weighted by Crippen LogP contribution is -2.32. The lowest BCUT2D eigenvalue weighted by Gasteiger charge is -2.17. The van der Waals surface area contributed by atoms with Gasteiger partial charge in [-0.1, -0.05) is 6.92 Å². The van der Waals surface area contributed by atoms with E-state index in [1.807, 2.05) is 0 Å². The van der Waals surface area contributed by atoms with Crippen molar-refractivity contribution in [2.45, 2.75) is 19.1 Å². The highest BCUT2D eigenvalue weighted by molar-refractivity contribution is 7.99. The molecule has 0 aromatic rings. The van der Waals surface area contributed by atoms with Gasteiger partial charge < -0.3 is 9.47 Å². The van der Waals surface area contributed by atoms with Crippen LogP contribution < -0.4 is 0 Å². The molecule has 0 saturated heterocycles. The van der Waals surface area contributed by atoms with Crippen LogP contribution in [0, 0.1) is 5.92 Å². The number of thioether (sulfide) groups is 1. The van der Waals surface area contributed by atoms with Gasteiger partial charge in [0.25, 0.3) is 0 Å². The van der Waals surface area contributed by atoms with Crippen LogP contribution in [0.25, 0.3) is 0 Å². The average molecular weight is 220 g/mol. The van der Waals surface area contributed by atoms with Crippen molar-refractivity contribution in [1.29, 1.82) is 0 Å². The van der Waals surface area contributed by atoms with Gasteiger partial charge in [-0.05, 0) is 13.2 Å². The normalized spacial score (nSPS) is 14.3. The minimum atomic E-state index is -0.484. The van der Waals surface area contributed by atoms with Crippen LogP contribution >= 0.6 is 11.8 Å². The third kappa shape index (κ3) is 3.57. The van der Waals surface area contributed by atoms with Crippen molar-refractivity contribution in [3.8, 4) is 0 Å². The zero-order valence-electron chi connectivity index (χ0n) is 8.90. The van der Waals surface area contributed by atoms with Crippen molar-refractivity contribution in [1.82, 2.24) is 0 Å². The largest absolute Gasteiger partial charge is 0.469 e. The van der Waals surface area contributed by atoms with Crippen LogP contribution in [0.3, 0.4) is 0 Å². The standard InChI is InChI=1S/C9H16O4S/c1-5-13-9(11)7(14-4)6(2)8(10)12-3/h6-7H,5H2,1-4H3/t6-,7+/m1/s1. The first-order valence-electron chi connectivity index (χ1n) is 4.35. The molecule has 0 fully saturated rings. The monoisotopic (exact) mass is 220 g/mol. The van der Waals surface area contributed by atoms with E-state index in [-0.39, 0.29) is 5.97 Å². The van der Waals surface area contributed by atoms with E-state index < -0.39 is 17.1 Å². The fraction of sp³-hybridized carbons (Fsp3) is 0.778. The van der Waals surface area contributed by atoms with E-state index in [1.54, 1.807) is 20.1 Å². The summed E-state index contributed by atoms with van der Waals surface area (Å²) >= 11 is 1.29. The smallest absolute Gasteiger partial charge is 0.319 e. The lowest BCUT2D eigenvalue weighted by atomic mass is 10.1. The summed E-state index contributed by atoms with van der Waals surface area (Å²) in [6, 6.07) is 0. The fourth-order valence-corrected chi connectivity index (χ4v) is 1.82. The highest BCUT2D eigenvalue weighted by Crippen LogP contribution is 2.19. The molecule has 0 spiro atoms. The van der Waals surface area contributed by atoms with Crippen LogP contribution in [0.4, 0.5) is 0 Å². The van der Waals surface area contributed by atoms with Crippen LogP contribution in [0.2, 0.25) is 0 Å². The average Bonchev–Trinajstić information content (AvgIpc) is 2.18. The van der Waals surface area contributed by atoms with Crippen LogP contribution in [-0.2, 0) is 19.1 Å². The number of hydrogen-bond donors (Lipinski definition) is 0. The van der Waals surface area contributed by atoms with Crippen molar-refractivity contribution >= 4 is 23.7 Å². The van der Waals surface area contributed by atoms with Crippen molar-refractivity contribution in [2.24, 2.45) is 5.92 Å². The second-order valence-electron chi connectivity index (χ2n) is 2.72. The Kier molecular flexibility index (Phi) is 6.36. The maximum atomic E-state index is 11.4. The summed E-state index contributed by atoms with van der Waals surface area (Å²) in [5.74, 6) is -1.23.